The number of ether oxygens (including phenoxy) is 1. The molecule has 0 saturated carbocycles. The second-order valence-corrected chi connectivity index (χ2v) is 2.91. The van der Waals surface area contributed by atoms with Gasteiger partial charge in [-0.3, -0.25) is 9.78 Å². The van der Waals surface area contributed by atoms with Gasteiger partial charge in [-0.2, -0.15) is 0 Å². The van der Waals surface area contributed by atoms with Crippen molar-refractivity contribution in [3.63, 3.8) is 0 Å². The number of methoxy groups -OCH3 is 1. The second-order valence-electron chi connectivity index (χ2n) is 2.91. The van der Waals surface area contributed by atoms with Crippen LogP contribution in [0.1, 0.15) is 11.7 Å². The van der Waals surface area contributed by atoms with Crippen molar-refractivity contribution in [1.29, 1.82) is 0 Å². The third-order valence-corrected chi connectivity index (χ3v) is 1.94. The lowest BCUT2D eigenvalue weighted by molar-refractivity contribution is -0.132. The summed E-state index contributed by atoms with van der Waals surface area (Å²) in [7, 11) is 1.40. The van der Waals surface area contributed by atoms with Crippen molar-refractivity contribution in [2.24, 2.45) is 5.73 Å². The first kappa shape index (κ1) is 11.4. The Morgan fingerprint density at radius 3 is 2.80 bits per heavy atom. The molecular weight excluding hydrogens is 200 g/mol. The van der Waals surface area contributed by atoms with Crippen LogP contribution in [0.3, 0.4) is 0 Å². The normalized spacial score (nSPS) is 14.3. The maximum Gasteiger partial charge on any atom is 0.249 e. The lowest BCUT2D eigenvalue weighted by atomic mass is 10.1. The molecule has 0 fully saturated rings. The van der Waals surface area contributed by atoms with Crippen LogP contribution in [0.5, 0.6) is 5.75 Å². The van der Waals surface area contributed by atoms with Gasteiger partial charge in [0.1, 0.15) is 11.9 Å². The van der Waals surface area contributed by atoms with Gasteiger partial charge in [0, 0.05) is 18.0 Å². The van der Waals surface area contributed by atoms with Crippen LogP contribution in [0.25, 0.3) is 0 Å². The number of nitrogens with two attached hydrogens (primary N) is 1. The number of hydrogen-bond acceptors (Lipinski definition) is 5. The van der Waals surface area contributed by atoms with Crippen molar-refractivity contribution in [3.8, 4) is 5.75 Å². The molecule has 82 valence electrons. The fourth-order valence-electron chi connectivity index (χ4n) is 1.13. The first-order valence-electron chi connectivity index (χ1n) is 4.21. The molecule has 6 heteroatoms. The minimum absolute atomic E-state index is 0.214. The van der Waals surface area contributed by atoms with E-state index in [0.717, 1.165) is 0 Å². The Hall–Kier alpha value is -1.66. The second kappa shape index (κ2) is 4.72. The van der Waals surface area contributed by atoms with Crippen molar-refractivity contribution in [2.45, 2.75) is 12.2 Å². The van der Waals surface area contributed by atoms with E-state index in [1.807, 2.05) is 0 Å². The Bertz CT molecular complexity index is 356. The average Bonchev–Trinajstić information content (AvgIpc) is 2.26. The maximum atomic E-state index is 10.7. The SMILES string of the molecule is COc1ccncc1C(O)C(O)C(N)=O. The van der Waals surface area contributed by atoms with Gasteiger partial charge < -0.3 is 20.7 Å². The summed E-state index contributed by atoms with van der Waals surface area (Å²) in [5, 5.41) is 18.9. The molecule has 1 aromatic heterocycles. The van der Waals surface area contributed by atoms with Gasteiger partial charge in [-0.15, -0.1) is 0 Å². The van der Waals surface area contributed by atoms with Gasteiger partial charge in [-0.05, 0) is 6.07 Å². The number of pyridine rings is 1. The van der Waals surface area contributed by atoms with Crippen LogP contribution in [-0.2, 0) is 4.79 Å². The maximum absolute atomic E-state index is 10.7. The Balaban J connectivity index is 2.99. The minimum atomic E-state index is -1.68. The zero-order chi connectivity index (χ0) is 11.4. The highest BCUT2D eigenvalue weighted by atomic mass is 16.5. The minimum Gasteiger partial charge on any atom is -0.496 e. The molecule has 0 aromatic carbocycles. The van der Waals surface area contributed by atoms with Gasteiger partial charge in [-0.1, -0.05) is 0 Å². The Labute approximate surface area is 86.3 Å². The molecule has 0 spiro atoms. The molecule has 0 aliphatic heterocycles. The topological polar surface area (TPSA) is 106 Å². The highest BCUT2D eigenvalue weighted by Crippen LogP contribution is 2.25. The number of carbonyl (C=O) groups excluding carboxylic acids is 1. The lowest BCUT2D eigenvalue weighted by Crippen LogP contribution is -2.34. The third-order valence-electron chi connectivity index (χ3n) is 1.94. The van der Waals surface area contributed by atoms with Crippen molar-refractivity contribution in [2.75, 3.05) is 7.11 Å². The van der Waals surface area contributed by atoms with Crippen molar-refractivity contribution in [1.82, 2.24) is 4.98 Å². The van der Waals surface area contributed by atoms with Crippen molar-refractivity contribution >= 4 is 5.91 Å². The fraction of sp³-hybridized carbons (Fsp3) is 0.333. The number of nitrogens with zero attached hydrogens (tertiary/aromatic N) is 1. The predicted octanol–water partition coefficient (Wildman–Crippen LogP) is -1.03. The van der Waals surface area contributed by atoms with Gasteiger partial charge in [0.2, 0.25) is 5.91 Å². The molecule has 0 saturated heterocycles. The van der Waals surface area contributed by atoms with Crippen LogP contribution < -0.4 is 10.5 Å². The molecule has 2 unspecified atom stereocenters. The highest BCUT2D eigenvalue weighted by Gasteiger charge is 2.26. The number of primary amides is 1. The number of carbonyl (C=O) groups is 1. The molecule has 4 N–H and O–H groups in total. The Morgan fingerprint density at radius 2 is 2.27 bits per heavy atom. The van der Waals surface area contributed by atoms with Crippen LogP contribution in [0.4, 0.5) is 0 Å². The monoisotopic (exact) mass is 212 g/mol. The van der Waals surface area contributed by atoms with E-state index in [0.29, 0.717) is 5.75 Å². The number of aliphatic hydroxyl groups excluding tert-OH is 2. The molecule has 1 aromatic rings. The zero-order valence-corrected chi connectivity index (χ0v) is 8.12. The molecule has 1 rings (SSSR count). The van der Waals surface area contributed by atoms with Crippen LogP contribution in [0.2, 0.25) is 0 Å². The fourth-order valence-corrected chi connectivity index (χ4v) is 1.13. The highest BCUT2D eigenvalue weighted by molar-refractivity contribution is 5.79. The summed E-state index contributed by atoms with van der Waals surface area (Å²) in [4.78, 5) is 14.4. The molecule has 2 atom stereocenters. The van der Waals surface area contributed by atoms with Gasteiger partial charge in [0.05, 0.1) is 7.11 Å². The third kappa shape index (κ3) is 2.42. The number of amides is 1. The number of aromatic nitrogens is 1. The number of hydrogen-bond donors (Lipinski definition) is 3. The van der Waals surface area contributed by atoms with E-state index in [1.165, 1.54) is 25.6 Å². The average molecular weight is 212 g/mol. The Morgan fingerprint density at radius 1 is 1.60 bits per heavy atom. The molecule has 15 heavy (non-hydrogen) atoms. The standard InChI is InChI=1S/C9H12N2O4/c1-15-6-2-3-11-4-5(6)7(12)8(13)9(10)14/h2-4,7-8,12-13H,1H3,(H2,10,14). The van der Waals surface area contributed by atoms with Crippen molar-refractivity contribution in [3.05, 3.63) is 24.0 Å². The van der Waals surface area contributed by atoms with Crippen LogP contribution >= 0.6 is 0 Å². The van der Waals surface area contributed by atoms with Gasteiger partial charge in [0.15, 0.2) is 6.10 Å². The summed E-state index contributed by atoms with van der Waals surface area (Å²) in [6.07, 6.45) is -0.351. The summed E-state index contributed by atoms with van der Waals surface area (Å²) in [6, 6.07) is 1.51. The summed E-state index contributed by atoms with van der Waals surface area (Å²) in [5.74, 6) is -0.675. The van der Waals surface area contributed by atoms with Crippen molar-refractivity contribution < 1.29 is 19.7 Å². The molecule has 1 heterocycles. The smallest absolute Gasteiger partial charge is 0.249 e. The molecular formula is C9H12N2O4. The van der Waals surface area contributed by atoms with E-state index in [1.54, 1.807) is 0 Å². The van der Waals surface area contributed by atoms with Crippen LogP contribution in [0, 0.1) is 0 Å². The molecule has 6 nitrogen and oxygen atoms in total. The first-order valence-corrected chi connectivity index (χ1v) is 4.21. The summed E-state index contributed by atoms with van der Waals surface area (Å²) in [5.41, 5.74) is 5.07. The molecule has 0 aliphatic rings. The number of rotatable bonds is 4. The molecule has 0 aliphatic carbocycles. The molecule has 1 amide bonds. The van der Waals surface area contributed by atoms with E-state index >= 15 is 0 Å². The quantitative estimate of drug-likeness (QED) is 0.591. The summed E-state index contributed by atoms with van der Waals surface area (Å²) in [6.45, 7) is 0. The van der Waals surface area contributed by atoms with Crippen LogP contribution in [-0.4, -0.2) is 34.3 Å². The van der Waals surface area contributed by atoms with Gasteiger partial charge in [-0.25, -0.2) is 0 Å². The van der Waals surface area contributed by atoms with Gasteiger partial charge in [0.25, 0.3) is 0 Å². The van der Waals surface area contributed by atoms with E-state index in [4.69, 9.17) is 10.5 Å². The first-order chi connectivity index (χ1) is 7.07. The largest absolute Gasteiger partial charge is 0.496 e. The van der Waals surface area contributed by atoms with E-state index < -0.39 is 18.1 Å². The van der Waals surface area contributed by atoms with E-state index in [9.17, 15) is 15.0 Å². The zero-order valence-electron chi connectivity index (χ0n) is 8.12. The lowest BCUT2D eigenvalue weighted by Gasteiger charge is -2.16. The molecule has 0 radical (unpaired) electrons. The van der Waals surface area contributed by atoms with E-state index in [-0.39, 0.29) is 5.56 Å². The van der Waals surface area contributed by atoms with Gasteiger partial charge >= 0.3 is 0 Å². The van der Waals surface area contributed by atoms with Crippen LogP contribution in [0.15, 0.2) is 18.5 Å². The number of aliphatic hydroxyl groups is 2. The summed E-state index contributed by atoms with van der Waals surface area (Å²) < 4.78 is 4.93. The molecule has 0 bridgehead atoms. The predicted molar refractivity (Wildman–Crippen MR) is 51.0 cm³/mol. The van der Waals surface area contributed by atoms with E-state index in [2.05, 4.69) is 4.98 Å². The Kier molecular flexibility index (Phi) is 3.59. The summed E-state index contributed by atoms with van der Waals surface area (Å²) >= 11 is 0.